The molecule has 0 aromatic heterocycles. The Balaban J connectivity index is 0.000000750. The maximum atomic E-state index is 2.18. The Kier molecular flexibility index (Phi) is 2.42. The molecule has 0 heterocycles. The number of hydrogen-bond acceptors (Lipinski definition) is 0. The normalized spacial score (nSPS) is 10.3. The number of rotatable bonds is 0. The van der Waals surface area contributed by atoms with Gasteiger partial charge in [0.05, 0.1) is 0 Å². The van der Waals surface area contributed by atoms with Crippen molar-refractivity contribution >= 4 is 21.5 Å². The summed E-state index contributed by atoms with van der Waals surface area (Å²) < 4.78 is 0. The van der Waals surface area contributed by atoms with Gasteiger partial charge in [-0.15, -0.1) is 22.9 Å². The van der Waals surface area contributed by atoms with Crippen molar-refractivity contribution in [2.45, 2.75) is 0 Å². The molecule has 3 aromatic carbocycles. The Hall–Kier alpha value is -1.09. The summed E-state index contributed by atoms with van der Waals surface area (Å²) in [6, 6.07) is 19.3. The van der Waals surface area contributed by atoms with Crippen molar-refractivity contribution in [1.82, 2.24) is 0 Å². The molecule has 0 N–H and O–H groups in total. The summed E-state index contributed by atoms with van der Waals surface area (Å²) >= 11 is 0. The van der Waals surface area contributed by atoms with Crippen LogP contribution in [0.15, 0.2) is 54.6 Å². The Morgan fingerprint density at radius 2 is 1.64 bits per heavy atom. The molecule has 0 aliphatic carbocycles. The van der Waals surface area contributed by atoms with E-state index in [0.717, 1.165) is 0 Å². The molecule has 0 nitrogen and oxygen atoms in total. The minimum atomic E-state index is 0. The van der Waals surface area contributed by atoms with Crippen molar-refractivity contribution in [3.63, 3.8) is 0 Å². The standard InChI is InChI=1S/C13H9.Li/c1-2-6-12-10(4-1)8-9-11-5-3-7-13(11)12;/h1-9H;/q-1;+1. The third-order valence-corrected chi connectivity index (χ3v) is 2.54. The van der Waals surface area contributed by atoms with Crippen LogP contribution in [-0.2, 0) is 0 Å². The molecule has 0 fully saturated rings. The zero-order chi connectivity index (χ0) is 8.67. The van der Waals surface area contributed by atoms with Gasteiger partial charge in [-0.2, -0.15) is 12.1 Å². The van der Waals surface area contributed by atoms with Gasteiger partial charge in [-0.3, -0.25) is 0 Å². The van der Waals surface area contributed by atoms with Gasteiger partial charge in [-0.25, -0.2) is 0 Å². The maximum absolute atomic E-state index is 2.18. The Labute approximate surface area is 95.1 Å². The van der Waals surface area contributed by atoms with Crippen molar-refractivity contribution in [3.8, 4) is 0 Å². The van der Waals surface area contributed by atoms with Gasteiger partial charge in [0.2, 0.25) is 0 Å². The van der Waals surface area contributed by atoms with E-state index in [1.165, 1.54) is 21.5 Å². The van der Waals surface area contributed by atoms with E-state index in [9.17, 15) is 0 Å². The Morgan fingerprint density at radius 1 is 0.786 bits per heavy atom. The number of benzene rings is 2. The van der Waals surface area contributed by atoms with E-state index in [-0.39, 0.29) is 18.9 Å². The Morgan fingerprint density at radius 3 is 2.57 bits per heavy atom. The minimum Gasteiger partial charge on any atom is -0.168 e. The van der Waals surface area contributed by atoms with E-state index >= 15 is 0 Å². The van der Waals surface area contributed by atoms with Gasteiger partial charge in [0.25, 0.3) is 0 Å². The topological polar surface area (TPSA) is 0 Å². The zero-order valence-electron chi connectivity index (χ0n) is 8.20. The second kappa shape index (κ2) is 3.57. The van der Waals surface area contributed by atoms with Gasteiger partial charge in [-0.1, -0.05) is 35.7 Å². The monoisotopic (exact) mass is 172 g/mol. The predicted molar refractivity (Wildman–Crippen MR) is 57.0 cm³/mol. The van der Waals surface area contributed by atoms with Gasteiger partial charge < -0.3 is 0 Å². The van der Waals surface area contributed by atoms with Crippen LogP contribution >= 0.6 is 0 Å². The SMILES string of the molecule is [Li+].c1ccc2c(c1)ccc1[cH-]ccc12. The van der Waals surface area contributed by atoms with Crippen LogP contribution in [-0.4, -0.2) is 0 Å². The van der Waals surface area contributed by atoms with Crippen molar-refractivity contribution in [3.05, 3.63) is 54.6 Å². The quantitative estimate of drug-likeness (QED) is 0.346. The fraction of sp³-hybridized carbons (Fsp3) is 0. The molecule has 0 radical (unpaired) electrons. The molecule has 0 aliphatic heterocycles. The molecular formula is C13H9Li. The van der Waals surface area contributed by atoms with E-state index in [4.69, 9.17) is 0 Å². The molecule has 0 unspecified atom stereocenters. The first-order chi connectivity index (χ1) is 6.45. The fourth-order valence-corrected chi connectivity index (χ4v) is 1.89. The third-order valence-electron chi connectivity index (χ3n) is 2.54. The number of fused-ring (bicyclic) bond motifs is 3. The van der Waals surface area contributed by atoms with Gasteiger partial charge in [0.15, 0.2) is 0 Å². The molecule has 3 aromatic rings. The molecule has 0 saturated carbocycles. The summed E-state index contributed by atoms with van der Waals surface area (Å²) in [7, 11) is 0. The average Bonchev–Trinajstić information content (AvgIpc) is 2.65. The molecule has 0 saturated heterocycles. The van der Waals surface area contributed by atoms with Crippen LogP contribution in [0.1, 0.15) is 0 Å². The fourth-order valence-electron chi connectivity index (χ4n) is 1.89. The van der Waals surface area contributed by atoms with Crippen LogP contribution in [0, 0.1) is 0 Å². The van der Waals surface area contributed by atoms with Gasteiger partial charge in [0.1, 0.15) is 0 Å². The van der Waals surface area contributed by atoms with E-state index in [1.807, 2.05) is 0 Å². The zero-order valence-corrected chi connectivity index (χ0v) is 8.20. The Bertz CT molecular complexity index is 563. The molecule has 0 aliphatic rings. The molecule has 1 heteroatoms. The second-order valence-corrected chi connectivity index (χ2v) is 3.32. The van der Waals surface area contributed by atoms with Crippen LogP contribution in [0.3, 0.4) is 0 Å². The average molecular weight is 172 g/mol. The first kappa shape index (κ1) is 9.46. The van der Waals surface area contributed by atoms with E-state index < -0.39 is 0 Å². The summed E-state index contributed by atoms with van der Waals surface area (Å²) in [6.07, 6.45) is 0. The van der Waals surface area contributed by atoms with Gasteiger partial charge in [0, 0.05) is 0 Å². The van der Waals surface area contributed by atoms with Crippen molar-refractivity contribution in [2.24, 2.45) is 0 Å². The van der Waals surface area contributed by atoms with Crippen LogP contribution in [0.25, 0.3) is 21.5 Å². The van der Waals surface area contributed by atoms with E-state index in [0.29, 0.717) is 0 Å². The first-order valence-corrected chi connectivity index (χ1v) is 4.48. The maximum Gasteiger partial charge on any atom is 1.00 e. The summed E-state index contributed by atoms with van der Waals surface area (Å²) in [6.45, 7) is 0. The molecule has 14 heavy (non-hydrogen) atoms. The predicted octanol–water partition coefficient (Wildman–Crippen LogP) is 0.716. The molecule has 0 amide bonds. The van der Waals surface area contributed by atoms with Gasteiger partial charge in [-0.05, 0) is 5.39 Å². The van der Waals surface area contributed by atoms with Crippen LogP contribution in [0.5, 0.6) is 0 Å². The summed E-state index contributed by atoms with van der Waals surface area (Å²) in [5.41, 5.74) is 0. The first-order valence-electron chi connectivity index (χ1n) is 4.48. The van der Waals surface area contributed by atoms with Crippen LogP contribution in [0.2, 0.25) is 0 Å². The van der Waals surface area contributed by atoms with E-state index in [2.05, 4.69) is 54.6 Å². The number of hydrogen-bond donors (Lipinski definition) is 0. The summed E-state index contributed by atoms with van der Waals surface area (Å²) in [5.74, 6) is 0. The molecule has 3 rings (SSSR count). The summed E-state index contributed by atoms with van der Waals surface area (Å²) in [5, 5.41) is 5.36. The molecule has 62 valence electrons. The summed E-state index contributed by atoms with van der Waals surface area (Å²) in [4.78, 5) is 0. The van der Waals surface area contributed by atoms with Gasteiger partial charge >= 0.3 is 18.9 Å². The largest absolute Gasteiger partial charge is 1.00 e. The second-order valence-electron chi connectivity index (χ2n) is 3.32. The van der Waals surface area contributed by atoms with E-state index in [1.54, 1.807) is 0 Å². The smallest absolute Gasteiger partial charge is 0.168 e. The molecule has 0 spiro atoms. The minimum absolute atomic E-state index is 0. The van der Waals surface area contributed by atoms with Crippen molar-refractivity contribution in [2.75, 3.05) is 0 Å². The van der Waals surface area contributed by atoms with Crippen LogP contribution < -0.4 is 18.9 Å². The molecule has 0 bridgehead atoms. The molecule has 0 atom stereocenters. The van der Waals surface area contributed by atoms with Crippen molar-refractivity contribution in [1.29, 1.82) is 0 Å². The third kappa shape index (κ3) is 1.28. The molecular weight excluding hydrogens is 163 g/mol. The van der Waals surface area contributed by atoms with Crippen molar-refractivity contribution < 1.29 is 18.9 Å². The van der Waals surface area contributed by atoms with Crippen LogP contribution in [0.4, 0.5) is 0 Å².